The number of alkyl halides is 2. The first kappa shape index (κ1) is 17.3. The first-order valence-corrected chi connectivity index (χ1v) is 7.31. The molecule has 26 heavy (non-hydrogen) atoms. The van der Waals surface area contributed by atoms with Gasteiger partial charge in [-0.15, -0.1) is 0 Å². The highest BCUT2D eigenvalue weighted by molar-refractivity contribution is 5.82. The summed E-state index contributed by atoms with van der Waals surface area (Å²) in [5, 5.41) is 7.14. The van der Waals surface area contributed by atoms with Crippen molar-refractivity contribution < 1.29 is 17.8 Å². The van der Waals surface area contributed by atoms with Gasteiger partial charge in [-0.1, -0.05) is 6.07 Å². The standard InChI is InChI=1S/C15H14F3N7O/c16-8-2-1-3-10-12(8)25(6-7(19)4-5-9(20)13(17)18)15(22-10)11-14(21)24-26-23-11/h1-5,13H,6,19-20H2,(H2,21,24)/b7-4-,9-5-. The molecule has 136 valence electrons. The second kappa shape index (κ2) is 6.78. The average Bonchev–Trinajstić information content (AvgIpc) is 3.16. The number of anilines is 1. The summed E-state index contributed by atoms with van der Waals surface area (Å²) in [6.45, 7) is -0.0773. The number of para-hydroxylation sites is 1. The molecule has 3 aromatic rings. The quantitative estimate of drug-likeness (QED) is 0.586. The van der Waals surface area contributed by atoms with E-state index in [1.807, 2.05) is 0 Å². The largest absolute Gasteiger partial charge is 0.401 e. The van der Waals surface area contributed by atoms with E-state index in [1.165, 1.54) is 22.8 Å². The smallest absolute Gasteiger partial charge is 0.277 e. The molecular formula is C15H14F3N7O. The summed E-state index contributed by atoms with van der Waals surface area (Å²) in [7, 11) is 0. The lowest BCUT2D eigenvalue weighted by Gasteiger charge is -2.08. The number of nitrogen functional groups attached to an aromatic ring is 1. The van der Waals surface area contributed by atoms with E-state index < -0.39 is 17.9 Å². The van der Waals surface area contributed by atoms with Crippen LogP contribution in [0.15, 0.2) is 46.4 Å². The molecule has 0 unspecified atom stereocenters. The molecule has 0 bridgehead atoms. The SMILES string of the molecule is N/C(=C\C=C(/N)C(F)F)Cn1c(-c2nonc2N)nc2cccc(F)c21. The molecule has 8 nitrogen and oxygen atoms in total. The number of aromatic nitrogens is 4. The average molecular weight is 365 g/mol. The second-order valence-corrected chi connectivity index (χ2v) is 5.34. The molecule has 0 fully saturated rings. The number of benzene rings is 1. The van der Waals surface area contributed by atoms with Crippen LogP contribution in [-0.2, 0) is 6.54 Å². The molecular weight excluding hydrogens is 351 g/mol. The van der Waals surface area contributed by atoms with Crippen molar-refractivity contribution in [3.63, 3.8) is 0 Å². The van der Waals surface area contributed by atoms with Crippen LogP contribution in [-0.4, -0.2) is 26.3 Å². The zero-order chi connectivity index (χ0) is 18.8. The number of hydrogen-bond donors (Lipinski definition) is 3. The van der Waals surface area contributed by atoms with Crippen LogP contribution in [0, 0.1) is 5.82 Å². The number of fused-ring (bicyclic) bond motifs is 1. The Morgan fingerprint density at radius 3 is 2.65 bits per heavy atom. The molecule has 1 aromatic carbocycles. The van der Waals surface area contributed by atoms with E-state index in [9.17, 15) is 13.2 Å². The van der Waals surface area contributed by atoms with E-state index in [0.29, 0.717) is 5.52 Å². The Morgan fingerprint density at radius 1 is 1.23 bits per heavy atom. The monoisotopic (exact) mass is 365 g/mol. The van der Waals surface area contributed by atoms with Crippen LogP contribution >= 0.6 is 0 Å². The highest BCUT2D eigenvalue weighted by atomic mass is 19.3. The van der Waals surface area contributed by atoms with Crippen LogP contribution in [0.5, 0.6) is 0 Å². The zero-order valence-electron chi connectivity index (χ0n) is 13.2. The number of rotatable bonds is 5. The fourth-order valence-electron chi connectivity index (χ4n) is 2.34. The molecule has 0 aliphatic rings. The lowest BCUT2D eigenvalue weighted by atomic mass is 10.3. The summed E-state index contributed by atoms with van der Waals surface area (Å²) in [6.07, 6.45) is -0.606. The molecule has 0 saturated carbocycles. The minimum absolute atomic E-state index is 0.0358. The lowest BCUT2D eigenvalue weighted by Crippen LogP contribution is -2.11. The van der Waals surface area contributed by atoms with Crippen molar-refractivity contribution in [1.82, 2.24) is 19.9 Å². The van der Waals surface area contributed by atoms with Gasteiger partial charge in [0.2, 0.25) is 0 Å². The topological polar surface area (TPSA) is 135 Å². The molecule has 2 aromatic heterocycles. The van der Waals surface area contributed by atoms with Gasteiger partial charge in [-0.05, 0) is 34.6 Å². The summed E-state index contributed by atoms with van der Waals surface area (Å²) in [5.74, 6) is -0.413. The molecule has 0 saturated heterocycles. The molecule has 0 aliphatic heterocycles. The minimum atomic E-state index is -2.80. The van der Waals surface area contributed by atoms with Gasteiger partial charge in [0.1, 0.15) is 11.3 Å². The van der Waals surface area contributed by atoms with Crippen molar-refractivity contribution in [1.29, 1.82) is 0 Å². The first-order valence-electron chi connectivity index (χ1n) is 7.31. The Labute approximate surface area is 144 Å². The normalized spacial score (nSPS) is 13.1. The highest BCUT2D eigenvalue weighted by Crippen LogP contribution is 2.28. The van der Waals surface area contributed by atoms with E-state index in [4.69, 9.17) is 17.2 Å². The number of imidazole rings is 1. The summed E-state index contributed by atoms with van der Waals surface area (Å²) in [4.78, 5) is 4.29. The predicted octanol–water partition coefficient (Wildman–Crippen LogP) is 1.76. The van der Waals surface area contributed by atoms with Gasteiger partial charge in [0, 0.05) is 5.70 Å². The van der Waals surface area contributed by atoms with Gasteiger partial charge >= 0.3 is 0 Å². The summed E-state index contributed by atoms with van der Waals surface area (Å²) in [5.41, 5.74) is 16.8. The van der Waals surface area contributed by atoms with Gasteiger partial charge in [0.05, 0.1) is 17.8 Å². The maximum atomic E-state index is 14.3. The van der Waals surface area contributed by atoms with Crippen molar-refractivity contribution in [3.05, 3.63) is 47.6 Å². The van der Waals surface area contributed by atoms with Crippen LogP contribution < -0.4 is 17.2 Å². The molecule has 0 radical (unpaired) electrons. The number of halogens is 3. The maximum absolute atomic E-state index is 14.3. The van der Waals surface area contributed by atoms with E-state index in [2.05, 4.69) is 19.9 Å². The van der Waals surface area contributed by atoms with E-state index >= 15 is 0 Å². The maximum Gasteiger partial charge on any atom is 0.277 e. The molecule has 6 N–H and O–H groups in total. The number of nitrogens with zero attached hydrogens (tertiary/aromatic N) is 4. The third kappa shape index (κ3) is 3.18. The first-order chi connectivity index (χ1) is 12.4. The molecule has 0 spiro atoms. The van der Waals surface area contributed by atoms with Crippen LogP contribution in [0.1, 0.15) is 0 Å². The Morgan fingerprint density at radius 2 is 2.00 bits per heavy atom. The van der Waals surface area contributed by atoms with Gasteiger partial charge < -0.3 is 21.8 Å². The van der Waals surface area contributed by atoms with Crippen LogP contribution in [0.2, 0.25) is 0 Å². The fraction of sp³-hybridized carbons (Fsp3) is 0.133. The van der Waals surface area contributed by atoms with E-state index in [0.717, 1.165) is 6.08 Å². The predicted molar refractivity (Wildman–Crippen MR) is 87.9 cm³/mol. The van der Waals surface area contributed by atoms with Gasteiger partial charge in [0.15, 0.2) is 17.3 Å². The van der Waals surface area contributed by atoms with E-state index in [1.54, 1.807) is 6.07 Å². The van der Waals surface area contributed by atoms with Crippen molar-refractivity contribution in [2.24, 2.45) is 11.5 Å². The minimum Gasteiger partial charge on any atom is -0.401 e. The van der Waals surface area contributed by atoms with Gasteiger partial charge in [-0.25, -0.2) is 22.8 Å². The molecule has 0 aliphatic carbocycles. The number of nitrogens with two attached hydrogens (primary N) is 3. The van der Waals surface area contributed by atoms with Crippen molar-refractivity contribution in [2.75, 3.05) is 5.73 Å². The van der Waals surface area contributed by atoms with Gasteiger partial charge in [-0.3, -0.25) is 0 Å². The van der Waals surface area contributed by atoms with Crippen molar-refractivity contribution in [2.45, 2.75) is 13.0 Å². The molecule has 3 rings (SSSR count). The van der Waals surface area contributed by atoms with Gasteiger partial charge in [-0.2, -0.15) is 0 Å². The summed E-state index contributed by atoms with van der Waals surface area (Å²) < 4.78 is 45.2. The Balaban J connectivity index is 2.10. The highest BCUT2D eigenvalue weighted by Gasteiger charge is 2.21. The Kier molecular flexibility index (Phi) is 4.52. The molecule has 0 amide bonds. The Hall–Kier alpha value is -3.50. The number of hydrogen-bond acceptors (Lipinski definition) is 7. The van der Waals surface area contributed by atoms with Crippen molar-refractivity contribution in [3.8, 4) is 11.5 Å². The van der Waals surface area contributed by atoms with Crippen molar-refractivity contribution >= 4 is 16.9 Å². The molecule has 11 heteroatoms. The summed E-state index contributed by atoms with van der Waals surface area (Å²) in [6, 6.07) is 4.34. The lowest BCUT2D eigenvalue weighted by molar-refractivity contribution is 0.188. The fourth-order valence-corrected chi connectivity index (χ4v) is 2.34. The molecule has 0 atom stereocenters. The molecule has 2 heterocycles. The zero-order valence-corrected chi connectivity index (χ0v) is 13.2. The van der Waals surface area contributed by atoms with Gasteiger partial charge in [0.25, 0.3) is 6.43 Å². The third-order valence-corrected chi connectivity index (χ3v) is 3.53. The van der Waals surface area contributed by atoms with E-state index in [-0.39, 0.29) is 35.1 Å². The summed E-state index contributed by atoms with van der Waals surface area (Å²) >= 11 is 0. The van der Waals surface area contributed by atoms with Crippen LogP contribution in [0.4, 0.5) is 19.0 Å². The third-order valence-electron chi connectivity index (χ3n) is 3.53. The van der Waals surface area contributed by atoms with Crippen LogP contribution in [0.3, 0.4) is 0 Å². The Bertz CT molecular complexity index is 1010. The second-order valence-electron chi connectivity index (χ2n) is 5.34. The van der Waals surface area contributed by atoms with Crippen LogP contribution in [0.25, 0.3) is 22.6 Å². The number of allylic oxidation sites excluding steroid dienone is 4.